The molecule has 3 aromatic carbocycles. The molecule has 2 nitrogen and oxygen atoms in total. The summed E-state index contributed by atoms with van der Waals surface area (Å²) in [4.78, 5) is 6.17. The van der Waals surface area contributed by atoms with Crippen LogP contribution in [-0.4, -0.2) is 9.55 Å². The summed E-state index contributed by atoms with van der Waals surface area (Å²) < 4.78 is 3.47. The molecule has 2 aromatic heterocycles. The summed E-state index contributed by atoms with van der Waals surface area (Å²) in [6.45, 7) is 0. The van der Waals surface area contributed by atoms with Crippen LogP contribution in [0, 0.1) is 0 Å². The van der Waals surface area contributed by atoms with Gasteiger partial charge >= 0.3 is 0 Å². The molecule has 124 valence electrons. The minimum Gasteiger partial charge on any atom is -0.298 e. The Balaban J connectivity index is 1.73. The molecule has 0 N–H and O–H groups in total. The number of thiophene rings is 1. The third-order valence-electron chi connectivity index (χ3n) is 4.46. The second kappa shape index (κ2) is 6.28. The van der Waals surface area contributed by atoms with Crippen molar-refractivity contribution in [1.29, 1.82) is 0 Å². The van der Waals surface area contributed by atoms with Crippen molar-refractivity contribution in [2.75, 3.05) is 0 Å². The number of imidazole rings is 1. The van der Waals surface area contributed by atoms with Crippen LogP contribution in [0.15, 0.2) is 97.2 Å². The molecule has 5 aromatic rings. The third-order valence-corrected chi connectivity index (χ3v) is 5.57. The van der Waals surface area contributed by atoms with Crippen LogP contribution in [-0.2, 0) is 0 Å². The zero-order valence-electron chi connectivity index (χ0n) is 14.0. The van der Waals surface area contributed by atoms with Crippen LogP contribution in [0.4, 0.5) is 0 Å². The molecule has 0 spiro atoms. The van der Waals surface area contributed by atoms with Crippen molar-refractivity contribution in [3.8, 4) is 27.6 Å². The minimum absolute atomic E-state index is 0.983. The lowest BCUT2D eigenvalue weighted by Gasteiger charge is -2.05. The molecule has 0 aliphatic rings. The van der Waals surface area contributed by atoms with E-state index in [9.17, 15) is 0 Å². The molecule has 0 saturated carbocycles. The third kappa shape index (κ3) is 2.63. The van der Waals surface area contributed by atoms with Gasteiger partial charge in [-0.25, -0.2) is 4.98 Å². The molecule has 2 heterocycles. The summed E-state index contributed by atoms with van der Waals surface area (Å²) >= 11 is 1.78. The number of hydrogen-bond donors (Lipinski definition) is 0. The molecule has 26 heavy (non-hydrogen) atoms. The first-order valence-corrected chi connectivity index (χ1v) is 9.39. The Labute approximate surface area is 156 Å². The Morgan fingerprint density at radius 1 is 0.731 bits per heavy atom. The smallest absolute Gasteiger partial charge is 0.155 e. The van der Waals surface area contributed by atoms with Crippen molar-refractivity contribution in [2.24, 2.45) is 0 Å². The summed E-state index contributed by atoms with van der Waals surface area (Å²) in [6.07, 6.45) is 2.13. The van der Waals surface area contributed by atoms with Gasteiger partial charge in [-0.2, -0.15) is 0 Å². The highest BCUT2D eigenvalue weighted by Crippen LogP contribution is 2.35. The Morgan fingerprint density at radius 2 is 1.42 bits per heavy atom. The quantitative estimate of drug-likeness (QED) is 0.366. The largest absolute Gasteiger partial charge is 0.298 e. The van der Waals surface area contributed by atoms with E-state index in [1.807, 2.05) is 12.1 Å². The van der Waals surface area contributed by atoms with Crippen molar-refractivity contribution >= 4 is 21.4 Å². The Bertz CT molecular complexity index is 1140. The van der Waals surface area contributed by atoms with E-state index in [-0.39, 0.29) is 0 Å². The van der Waals surface area contributed by atoms with Gasteiger partial charge in [0.25, 0.3) is 0 Å². The summed E-state index contributed by atoms with van der Waals surface area (Å²) in [7, 11) is 0. The van der Waals surface area contributed by atoms with Gasteiger partial charge in [-0.15, -0.1) is 11.3 Å². The van der Waals surface area contributed by atoms with Gasteiger partial charge in [-0.1, -0.05) is 66.7 Å². The van der Waals surface area contributed by atoms with Gasteiger partial charge in [-0.3, -0.25) is 4.57 Å². The lowest BCUT2D eigenvalue weighted by atomic mass is 10.2. The van der Waals surface area contributed by atoms with Crippen molar-refractivity contribution in [3.05, 3.63) is 97.2 Å². The summed E-state index contributed by atoms with van der Waals surface area (Å²) in [6, 6.07) is 31.5. The number of benzene rings is 3. The van der Waals surface area contributed by atoms with Crippen LogP contribution in [0.1, 0.15) is 0 Å². The molecular formula is C23H16N2S. The molecule has 5 rings (SSSR count). The fourth-order valence-corrected chi connectivity index (χ4v) is 4.23. The standard InChI is InChI=1S/C23H16N2S/c1-3-9-17(10-4-1)20-16-25(19-12-5-2-6-13-19)23(24-20)22-15-18-11-7-8-14-21(18)26-22/h1-16H. The molecule has 3 heteroatoms. The maximum absolute atomic E-state index is 5.00. The van der Waals surface area contributed by atoms with Gasteiger partial charge in [0.2, 0.25) is 0 Å². The van der Waals surface area contributed by atoms with Gasteiger partial charge in [0, 0.05) is 22.1 Å². The van der Waals surface area contributed by atoms with Gasteiger partial charge < -0.3 is 0 Å². The fourth-order valence-electron chi connectivity index (χ4n) is 3.18. The van der Waals surface area contributed by atoms with E-state index < -0.39 is 0 Å². The van der Waals surface area contributed by atoms with E-state index in [0.29, 0.717) is 0 Å². The molecule has 0 atom stereocenters. The molecule has 0 radical (unpaired) electrons. The van der Waals surface area contributed by atoms with E-state index in [1.54, 1.807) is 11.3 Å². The number of hydrogen-bond acceptors (Lipinski definition) is 2. The van der Waals surface area contributed by atoms with Crippen molar-refractivity contribution in [1.82, 2.24) is 9.55 Å². The maximum atomic E-state index is 5.00. The van der Waals surface area contributed by atoms with Crippen molar-refractivity contribution in [3.63, 3.8) is 0 Å². The maximum Gasteiger partial charge on any atom is 0.155 e. The highest BCUT2D eigenvalue weighted by Gasteiger charge is 2.15. The zero-order chi connectivity index (χ0) is 17.3. The van der Waals surface area contributed by atoms with Gasteiger partial charge in [-0.05, 0) is 29.7 Å². The lowest BCUT2D eigenvalue weighted by Crippen LogP contribution is -1.94. The fraction of sp³-hybridized carbons (Fsp3) is 0. The Kier molecular flexibility index (Phi) is 3.65. The second-order valence-corrected chi connectivity index (χ2v) is 7.25. The van der Waals surface area contributed by atoms with Crippen molar-refractivity contribution < 1.29 is 0 Å². The summed E-state index contributed by atoms with van der Waals surface area (Å²) in [5, 5.41) is 1.26. The first kappa shape index (κ1) is 15.1. The SMILES string of the molecule is c1ccc(-c2cn(-c3ccccc3)c(-c3cc4ccccc4s3)n2)cc1. The number of rotatable bonds is 3. The highest BCUT2D eigenvalue weighted by atomic mass is 32.1. The molecule has 0 saturated heterocycles. The molecule has 0 fully saturated rings. The molecule has 0 bridgehead atoms. The van der Waals surface area contributed by atoms with Crippen LogP contribution in [0.25, 0.3) is 37.7 Å². The van der Waals surface area contributed by atoms with E-state index in [4.69, 9.17) is 4.98 Å². The Hall–Kier alpha value is -3.17. The average molecular weight is 352 g/mol. The van der Waals surface area contributed by atoms with E-state index in [1.165, 1.54) is 15.0 Å². The average Bonchev–Trinajstić information content (AvgIpc) is 3.33. The predicted molar refractivity (Wildman–Crippen MR) is 110 cm³/mol. The molecule has 0 aliphatic carbocycles. The van der Waals surface area contributed by atoms with Crippen LogP contribution >= 0.6 is 11.3 Å². The van der Waals surface area contributed by atoms with Gasteiger partial charge in [0.15, 0.2) is 5.82 Å². The topological polar surface area (TPSA) is 17.8 Å². The first-order chi connectivity index (χ1) is 12.9. The van der Waals surface area contributed by atoms with Crippen LogP contribution in [0.3, 0.4) is 0 Å². The number of fused-ring (bicyclic) bond motifs is 1. The van der Waals surface area contributed by atoms with E-state index in [0.717, 1.165) is 22.8 Å². The zero-order valence-corrected chi connectivity index (χ0v) is 14.9. The molecule has 0 unspecified atom stereocenters. The number of nitrogens with zero attached hydrogens (tertiary/aromatic N) is 2. The predicted octanol–water partition coefficient (Wildman–Crippen LogP) is 6.42. The lowest BCUT2D eigenvalue weighted by molar-refractivity contribution is 1.07. The van der Waals surface area contributed by atoms with E-state index >= 15 is 0 Å². The van der Waals surface area contributed by atoms with E-state index in [2.05, 4.69) is 89.6 Å². The van der Waals surface area contributed by atoms with Gasteiger partial charge in [0.1, 0.15) is 0 Å². The normalized spacial score (nSPS) is 11.1. The number of para-hydroxylation sites is 1. The summed E-state index contributed by atoms with van der Waals surface area (Å²) in [5.41, 5.74) is 3.24. The van der Waals surface area contributed by atoms with Gasteiger partial charge in [0.05, 0.1) is 10.6 Å². The number of aromatic nitrogens is 2. The molecule has 0 amide bonds. The second-order valence-electron chi connectivity index (χ2n) is 6.17. The van der Waals surface area contributed by atoms with Crippen LogP contribution in [0.5, 0.6) is 0 Å². The highest BCUT2D eigenvalue weighted by molar-refractivity contribution is 7.22. The Morgan fingerprint density at radius 3 is 2.19 bits per heavy atom. The molecular weight excluding hydrogens is 336 g/mol. The first-order valence-electron chi connectivity index (χ1n) is 8.58. The van der Waals surface area contributed by atoms with Crippen molar-refractivity contribution in [2.45, 2.75) is 0 Å². The van der Waals surface area contributed by atoms with Crippen LogP contribution in [0.2, 0.25) is 0 Å². The monoisotopic (exact) mass is 352 g/mol. The summed E-state index contributed by atoms with van der Waals surface area (Å²) in [5.74, 6) is 0.983. The van der Waals surface area contributed by atoms with Crippen LogP contribution < -0.4 is 0 Å². The molecule has 0 aliphatic heterocycles. The minimum atomic E-state index is 0.983.